The highest BCUT2D eigenvalue weighted by atomic mass is 16.3. The molecule has 1 N–H and O–H groups in total. The van der Waals surface area contributed by atoms with E-state index in [1.54, 1.807) is 0 Å². The summed E-state index contributed by atoms with van der Waals surface area (Å²) in [5.41, 5.74) is 0.0521. The van der Waals surface area contributed by atoms with E-state index in [9.17, 15) is 5.11 Å². The third-order valence-electron chi connectivity index (χ3n) is 3.64. The maximum atomic E-state index is 9.88. The predicted molar refractivity (Wildman–Crippen MR) is 55.8 cm³/mol. The van der Waals surface area contributed by atoms with Crippen molar-refractivity contribution in [1.82, 2.24) is 4.90 Å². The first-order valence-electron chi connectivity index (χ1n) is 5.45. The van der Waals surface area contributed by atoms with E-state index in [2.05, 4.69) is 19.0 Å². The Hall–Kier alpha value is -0.0800. The molecule has 0 aliphatic heterocycles. The van der Waals surface area contributed by atoms with Crippen molar-refractivity contribution in [2.45, 2.75) is 57.1 Å². The molecule has 13 heavy (non-hydrogen) atoms. The van der Waals surface area contributed by atoms with Crippen molar-refractivity contribution in [2.24, 2.45) is 0 Å². The zero-order valence-corrected chi connectivity index (χ0v) is 9.21. The Morgan fingerprint density at radius 3 is 1.85 bits per heavy atom. The molecule has 0 spiro atoms. The number of rotatable bonds is 2. The van der Waals surface area contributed by atoms with Crippen LogP contribution in [0.1, 0.15) is 45.4 Å². The standard InChI is InChI=1S/C11H23NO/c1-10(13)11(12(2)3)8-6-4-5-7-9-11/h10,13H,4-9H2,1-3H3. The minimum atomic E-state index is -0.208. The van der Waals surface area contributed by atoms with Crippen LogP contribution in [0.5, 0.6) is 0 Å². The Labute approximate surface area is 81.9 Å². The van der Waals surface area contributed by atoms with Crippen LogP contribution in [0.2, 0.25) is 0 Å². The van der Waals surface area contributed by atoms with Gasteiger partial charge in [-0.3, -0.25) is 0 Å². The van der Waals surface area contributed by atoms with Crippen molar-refractivity contribution in [3.8, 4) is 0 Å². The normalized spacial score (nSPS) is 25.6. The van der Waals surface area contributed by atoms with Crippen molar-refractivity contribution in [3.63, 3.8) is 0 Å². The molecule has 2 heteroatoms. The second-order valence-corrected chi connectivity index (χ2v) is 4.59. The van der Waals surface area contributed by atoms with E-state index in [4.69, 9.17) is 0 Å². The molecule has 1 saturated carbocycles. The maximum absolute atomic E-state index is 9.88. The van der Waals surface area contributed by atoms with Crippen molar-refractivity contribution < 1.29 is 5.11 Å². The average Bonchev–Trinajstić information content (AvgIpc) is 2.28. The van der Waals surface area contributed by atoms with Gasteiger partial charge in [-0.15, -0.1) is 0 Å². The molecule has 1 rings (SSSR count). The van der Waals surface area contributed by atoms with Gasteiger partial charge in [0, 0.05) is 5.54 Å². The lowest BCUT2D eigenvalue weighted by atomic mass is 9.84. The molecule has 2 nitrogen and oxygen atoms in total. The highest BCUT2D eigenvalue weighted by Gasteiger charge is 2.37. The van der Waals surface area contributed by atoms with Gasteiger partial charge in [0.2, 0.25) is 0 Å². The number of aliphatic hydroxyl groups excluding tert-OH is 1. The second kappa shape index (κ2) is 4.43. The van der Waals surface area contributed by atoms with Crippen molar-refractivity contribution in [3.05, 3.63) is 0 Å². The molecule has 0 aromatic carbocycles. The highest BCUT2D eigenvalue weighted by molar-refractivity contribution is 4.93. The highest BCUT2D eigenvalue weighted by Crippen LogP contribution is 2.33. The lowest BCUT2D eigenvalue weighted by molar-refractivity contribution is -0.00685. The van der Waals surface area contributed by atoms with Crippen LogP contribution in [0.3, 0.4) is 0 Å². The Morgan fingerprint density at radius 2 is 1.54 bits per heavy atom. The quantitative estimate of drug-likeness (QED) is 0.665. The molecule has 78 valence electrons. The van der Waals surface area contributed by atoms with E-state index < -0.39 is 0 Å². The lowest BCUT2D eigenvalue weighted by Gasteiger charge is -2.42. The molecule has 0 heterocycles. The number of likely N-dealkylation sites (N-methyl/N-ethyl adjacent to an activating group) is 1. The minimum Gasteiger partial charge on any atom is -0.391 e. The van der Waals surface area contributed by atoms with Crippen molar-refractivity contribution >= 4 is 0 Å². The van der Waals surface area contributed by atoms with Gasteiger partial charge in [-0.2, -0.15) is 0 Å². The molecule has 1 aliphatic rings. The van der Waals surface area contributed by atoms with Crippen LogP contribution in [-0.2, 0) is 0 Å². The number of aliphatic hydroxyl groups is 1. The topological polar surface area (TPSA) is 23.5 Å². The fraction of sp³-hybridized carbons (Fsp3) is 1.00. The van der Waals surface area contributed by atoms with Gasteiger partial charge in [0.15, 0.2) is 0 Å². The predicted octanol–water partition coefficient (Wildman–Crippen LogP) is 2.02. The fourth-order valence-corrected chi connectivity index (χ4v) is 2.58. The number of nitrogens with zero attached hydrogens (tertiary/aromatic N) is 1. The Balaban J connectivity index is 2.74. The first kappa shape index (κ1) is 11.0. The second-order valence-electron chi connectivity index (χ2n) is 4.59. The third-order valence-corrected chi connectivity index (χ3v) is 3.64. The van der Waals surface area contributed by atoms with E-state index in [1.807, 2.05) is 6.92 Å². The molecule has 0 saturated heterocycles. The molecule has 0 amide bonds. The van der Waals surface area contributed by atoms with Crippen LogP contribution < -0.4 is 0 Å². The summed E-state index contributed by atoms with van der Waals surface area (Å²) in [5, 5.41) is 9.88. The summed E-state index contributed by atoms with van der Waals surface area (Å²) in [7, 11) is 4.19. The zero-order valence-electron chi connectivity index (χ0n) is 9.21. The molecule has 0 aromatic rings. The van der Waals surface area contributed by atoms with Crippen LogP contribution >= 0.6 is 0 Å². The first-order valence-corrected chi connectivity index (χ1v) is 5.45. The monoisotopic (exact) mass is 185 g/mol. The molecular weight excluding hydrogens is 162 g/mol. The van der Waals surface area contributed by atoms with E-state index in [-0.39, 0.29) is 11.6 Å². The van der Waals surface area contributed by atoms with Gasteiger partial charge >= 0.3 is 0 Å². The van der Waals surface area contributed by atoms with Crippen LogP contribution in [-0.4, -0.2) is 35.7 Å². The van der Waals surface area contributed by atoms with Crippen LogP contribution in [0.25, 0.3) is 0 Å². The van der Waals surface area contributed by atoms with Gasteiger partial charge in [-0.05, 0) is 33.9 Å². The summed E-state index contributed by atoms with van der Waals surface area (Å²) >= 11 is 0. The molecule has 1 fully saturated rings. The number of hydrogen-bond acceptors (Lipinski definition) is 2. The summed E-state index contributed by atoms with van der Waals surface area (Å²) < 4.78 is 0. The fourth-order valence-electron chi connectivity index (χ4n) is 2.58. The molecule has 0 bridgehead atoms. The number of hydrogen-bond donors (Lipinski definition) is 1. The van der Waals surface area contributed by atoms with Gasteiger partial charge in [-0.25, -0.2) is 0 Å². The van der Waals surface area contributed by atoms with Crippen LogP contribution in [0, 0.1) is 0 Å². The van der Waals surface area contributed by atoms with Crippen molar-refractivity contribution in [1.29, 1.82) is 0 Å². The molecular formula is C11H23NO. The zero-order chi connectivity index (χ0) is 9.90. The molecule has 0 aromatic heterocycles. The summed E-state index contributed by atoms with van der Waals surface area (Å²) in [6, 6.07) is 0. The molecule has 0 radical (unpaired) electrons. The van der Waals surface area contributed by atoms with Gasteiger partial charge in [-0.1, -0.05) is 25.7 Å². The summed E-state index contributed by atoms with van der Waals surface area (Å²) in [6.45, 7) is 1.94. The largest absolute Gasteiger partial charge is 0.391 e. The molecule has 1 atom stereocenters. The van der Waals surface area contributed by atoms with E-state index in [0.29, 0.717) is 0 Å². The van der Waals surface area contributed by atoms with Gasteiger partial charge < -0.3 is 10.0 Å². The average molecular weight is 185 g/mol. The molecule has 1 unspecified atom stereocenters. The van der Waals surface area contributed by atoms with Gasteiger partial charge in [0.1, 0.15) is 0 Å². The lowest BCUT2D eigenvalue weighted by Crippen LogP contribution is -2.52. The Morgan fingerprint density at radius 1 is 1.08 bits per heavy atom. The van der Waals surface area contributed by atoms with E-state index >= 15 is 0 Å². The minimum absolute atomic E-state index is 0.0521. The van der Waals surface area contributed by atoms with E-state index in [0.717, 1.165) is 12.8 Å². The first-order chi connectivity index (χ1) is 6.09. The van der Waals surface area contributed by atoms with Gasteiger partial charge in [0.05, 0.1) is 6.10 Å². The maximum Gasteiger partial charge on any atom is 0.0695 e. The smallest absolute Gasteiger partial charge is 0.0695 e. The SMILES string of the molecule is CC(O)C1(N(C)C)CCCCCC1. The summed E-state index contributed by atoms with van der Waals surface area (Å²) in [6.07, 6.45) is 7.30. The van der Waals surface area contributed by atoms with Gasteiger partial charge in [0.25, 0.3) is 0 Å². The molecule has 1 aliphatic carbocycles. The van der Waals surface area contributed by atoms with Crippen LogP contribution in [0.15, 0.2) is 0 Å². The Kier molecular flexibility index (Phi) is 3.74. The summed E-state index contributed by atoms with van der Waals surface area (Å²) in [4.78, 5) is 2.23. The Bertz CT molecular complexity index is 136. The summed E-state index contributed by atoms with van der Waals surface area (Å²) in [5.74, 6) is 0. The van der Waals surface area contributed by atoms with Crippen molar-refractivity contribution in [2.75, 3.05) is 14.1 Å². The van der Waals surface area contributed by atoms with Crippen LogP contribution in [0.4, 0.5) is 0 Å². The third kappa shape index (κ3) is 2.23. The van der Waals surface area contributed by atoms with E-state index in [1.165, 1.54) is 25.7 Å².